The lowest BCUT2D eigenvalue weighted by atomic mass is 10.2. The SMILES string of the molecule is C=CCn1c(=O)c2cnc(Nc3ccc(N4CCN(C)CC4)cc3)nc2n1-c1ccc2oc(=O)n(CCC)c2c1. The van der Waals surface area contributed by atoms with Gasteiger partial charge in [0.2, 0.25) is 5.95 Å². The van der Waals surface area contributed by atoms with Gasteiger partial charge in [0.15, 0.2) is 11.2 Å². The summed E-state index contributed by atoms with van der Waals surface area (Å²) in [5.41, 5.74) is 4.08. The number of hydrogen-bond donors (Lipinski definition) is 1. The van der Waals surface area contributed by atoms with Crippen LogP contribution in [0.4, 0.5) is 17.3 Å². The molecule has 0 bridgehead atoms. The maximum Gasteiger partial charge on any atom is 0.419 e. The molecule has 4 heterocycles. The Kier molecular flexibility index (Phi) is 6.72. The number of nitrogens with zero attached hydrogens (tertiary/aromatic N) is 7. The fourth-order valence-corrected chi connectivity index (χ4v) is 5.21. The first kappa shape index (κ1) is 25.6. The van der Waals surface area contributed by atoms with E-state index in [1.165, 1.54) is 5.69 Å². The number of rotatable bonds is 8. The molecule has 3 aromatic heterocycles. The third-order valence-electron chi connectivity index (χ3n) is 7.31. The van der Waals surface area contributed by atoms with Crippen molar-refractivity contribution in [1.82, 2.24) is 28.8 Å². The minimum Gasteiger partial charge on any atom is -0.408 e. The van der Waals surface area contributed by atoms with E-state index in [9.17, 15) is 9.59 Å². The van der Waals surface area contributed by atoms with Gasteiger partial charge in [0.1, 0.15) is 5.39 Å². The number of oxazole rings is 1. The Morgan fingerprint density at radius 3 is 2.52 bits per heavy atom. The first-order chi connectivity index (χ1) is 19.5. The molecule has 0 radical (unpaired) electrons. The number of benzene rings is 2. The molecule has 0 atom stereocenters. The standard InChI is InChI=1S/C29H32N8O3/c1-4-12-35-24-18-22(10-11-25(24)40-29(35)39)37-26-23(27(38)36(37)13-5-2)19-30-28(32-26)31-20-6-8-21(9-7-20)34-16-14-33(3)15-17-34/h5-11,18-19H,2,4,12-17H2,1,3H3,(H,30,31,32). The molecular weight excluding hydrogens is 508 g/mol. The van der Waals surface area contributed by atoms with Gasteiger partial charge < -0.3 is 19.5 Å². The number of allylic oxidation sites excluding steroid dienone is 1. The van der Waals surface area contributed by atoms with E-state index in [2.05, 4.69) is 45.9 Å². The molecule has 0 saturated carbocycles. The molecule has 1 N–H and O–H groups in total. The Hall–Kier alpha value is -4.64. The Bertz CT molecular complexity index is 1800. The summed E-state index contributed by atoms with van der Waals surface area (Å²) in [7, 11) is 2.15. The van der Waals surface area contributed by atoms with Crippen molar-refractivity contribution in [2.45, 2.75) is 26.4 Å². The Labute approximate surface area is 230 Å². The summed E-state index contributed by atoms with van der Waals surface area (Å²) in [6.45, 7) is 10.7. The highest BCUT2D eigenvalue weighted by Crippen LogP contribution is 2.24. The Balaban J connectivity index is 1.38. The van der Waals surface area contributed by atoms with Crippen LogP contribution in [0, 0.1) is 0 Å². The second-order valence-electron chi connectivity index (χ2n) is 10.1. The van der Waals surface area contributed by atoms with Gasteiger partial charge in [-0.05, 0) is 55.9 Å². The van der Waals surface area contributed by atoms with E-state index in [4.69, 9.17) is 9.40 Å². The Morgan fingerprint density at radius 2 is 1.80 bits per heavy atom. The van der Waals surface area contributed by atoms with Crippen LogP contribution in [0.1, 0.15) is 13.3 Å². The van der Waals surface area contributed by atoms with Crippen molar-refractivity contribution >= 4 is 39.5 Å². The number of likely N-dealkylation sites (N-methyl/N-ethyl adjacent to an activating group) is 1. The summed E-state index contributed by atoms with van der Waals surface area (Å²) in [6, 6.07) is 13.6. The molecule has 0 unspecified atom stereocenters. The third-order valence-corrected chi connectivity index (χ3v) is 7.31. The van der Waals surface area contributed by atoms with Gasteiger partial charge in [0.25, 0.3) is 5.56 Å². The molecule has 2 aromatic carbocycles. The predicted octanol–water partition coefficient (Wildman–Crippen LogP) is 3.58. The summed E-state index contributed by atoms with van der Waals surface area (Å²) < 4.78 is 10.3. The van der Waals surface area contributed by atoms with Gasteiger partial charge in [0.05, 0.1) is 17.7 Å². The molecule has 40 heavy (non-hydrogen) atoms. The van der Waals surface area contributed by atoms with Gasteiger partial charge in [-0.1, -0.05) is 13.0 Å². The molecule has 11 heteroatoms. The van der Waals surface area contributed by atoms with Crippen molar-refractivity contribution < 1.29 is 4.42 Å². The monoisotopic (exact) mass is 540 g/mol. The summed E-state index contributed by atoms with van der Waals surface area (Å²) >= 11 is 0. The van der Waals surface area contributed by atoms with Gasteiger partial charge in [0, 0.05) is 50.3 Å². The molecule has 0 amide bonds. The number of anilines is 3. The largest absolute Gasteiger partial charge is 0.419 e. The molecule has 1 saturated heterocycles. The molecule has 5 aromatic rings. The van der Waals surface area contributed by atoms with Gasteiger partial charge in [-0.25, -0.2) is 19.1 Å². The zero-order valence-corrected chi connectivity index (χ0v) is 22.7. The maximum absolute atomic E-state index is 13.3. The molecule has 0 aliphatic carbocycles. The first-order valence-electron chi connectivity index (χ1n) is 13.5. The van der Waals surface area contributed by atoms with E-state index in [1.54, 1.807) is 32.3 Å². The summed E-state index contributed by atoms with van der Waals surface area (Å²) in [5.74, 6) is -0.0288. The van der Waals surface area contributed by atoms with Crippen LogP contribution in [0.25, 0.3) is 27.8 Å². The highest BCUT2D eigenvalue weighted by atomic mass is 16.4. The summed E-state index contributed by atoms with van der Waals surface area (Å²) in [4.78, 5) is 39.6. The van der Waals surface area contributed by atoms with Gasteiger partial charge in [-0.2, -0.15) is 4.98 Å². The molecule has 11 nitrogen and oxygen atoms in total. The van der Waals surface area contributed by atoms with E-state index in [0.29, 0.717) is 40.3 Å². The second-order valence-corrected chi connectivity index (χ2v) is 10.1. The van der Waals surface area contributed by atoms with E-state index in [0.717, 1.165) is 38.3 Å². The van der Waals surface area contributed by atoms with Crippen molar-refractivity contribution in [3.63, 3.8) is 0 Å². The van der Waals surface area contributed by atoms with Crippen molar-refractivity contribution in [3.05, 3.63) is 82.2 Å². The minimum atomic E-state index is -0.401. The van der Waals surface area contributed by atoms with Crippen molar-refractivity contribution in [1.29, 1.82) is 0 Å². The summed E-state index contributed by atoms with van der Waals surface area (Å²) in [6.07, 6.45) is 3.99. The van der Waals surface area contributed by atoms with Crippen LogP contribution in [-0.2, 0) is 13.1 Å². The van der Waals surface area contributed by atoms with Crippen molar-refractivity contribution in [2.24, 2.45) is 0 Å². The zero-order valence-electron chi connectivity index (χ0n) is 22.7. The smallest absolute Gasteiger partial charge is 0.408 e. The highest BCUT2D eigenvalue weighted by Gasteiger charge is 2.19. The maximum atomic E-state index is 13.3. The second kappa shape index (κ2) is 10.5. The normalized spacial score (nSPS) is 14.3. The van der Waals surface area contributed by atoms with Crippen molar-refractivity contribution in [2.75, 3.05) is 43.4 Å². The highest BCUT2D eigenvalue weighted by molar-refractivity contribution is 5.80. The molecular formula is C29H32N8O3. The Morgan fingerprint density at radius 1 is 1.05 bits per heavy atom. The topological polar surface area (TPSA) is 106 Å². The lowest BCUT2D eigenvalue weighted by molar-refractivity contribution is 0.313. The van der Waals surface area contributed by atoms with Gasteiger partial charge in [-0.15, -0.1) is 6.58 Å². The van der Waals surface area contributed by atoms with Crippen LogP contribution in [0.15, 0.2) is 75.3 Å². The zero-order chi connectivity index (χ0) is 27.8. The van der Waals surface area contributed by atoms with Crippen LogP contribution in [0.3, 0.4) is 0 Å². The quantitative estimate of drug-likeness (QED) is 0.298. The van der Waals surface area contributed by atoms with E-state index in [1.807, 2.05) is 31.2 Å². The fourth-order valence-electron chi connectivity index (χ4n) is 5.21. The number of nitrogens with one attached hydrogen (secondary N) is 1. The molecule has 1 fully saturated rings. The lowest BCUT2D eigenvalue weighted by Gasteiger charge is -2.34. The number of piperazine rings is 1. The number of fused-ring (bicyclic) bond motifs is 2. The number of aryl methyl sites for hydroxylation is 1. The van der Waals surface area contributed by atoms with Crippen LogP contribution < -0.4 is 21.5 Å². The molecule has 1 aliphatic heterocycles. The predicted molar refractivity (Wildman–Crippen MR) is 157 cm³/mol. The average molecular weight is 541 g/mol. The fraction of sp³-hybridized carbons (Fsp3) is 0.310. The van der Waals surface area contributed by atoms with E-state index >= 15 is 0 Å². The van der Waals surface area contributed by atoms with Crippen molar-refractivity contribution in [3.8, 4) is 5.69 Å². The van der Waals surface area contributed by atoms with E-state index < -0.39 is 5.76 Å². The van der Waals surface area contributed by atoms with Crippen LogP contribution in [0.5, 0.6) is 0 Å². The number of hydrogen-bond acceptors (Lipinski definition) is 8. The number of aromatic nitrogens is 5. The van der Waals surface area contributed by atoms with E-state index in [-0.39, 0.29) is 12.1 Å². The van der Waals surface area contributed by atoms with Gasteiger partial charge >= 0.3 is 5.76 Å². The molecule has 1 aliphatic rings. The minimum absolute atomic E-state index is 0.226. The first-order valence-corrected chi connectivity index (χ1v) is 13.5. The van der Waals surface area contributed by atoms with Crippen LogP contribution >= 0.6 is 0 Å². The molecule has 206 valence electrons. The third kappa shape index (κ3) is 4.58. The van der Waals surface area contributed by atoms with Crippen LogP contribution in [-0.4, -0.2) is 62.0 Å². The van der Waals surface area contributed by atoms with Crippen LogP contribution in [0.2, 0.25) is 0 Å². The molecule has 0 spiro atoms. The van der Waals surface area contributed by atoms with Gasteiger partial charge in [-0.3, -0.25) is 9.36 Å². The lowest BCUT2D eigenvalue weighted by Crippen LogP contribution is -2.44. The molecule has 6 rings (SSSR count). The summed E-state index contributed by atoms with van der Waals surface area (Å²) in [5, 5.41) is 3.66. The average Bonchev–Trinajstić information content (AvgIpc) is 3.42.